The van der Waals surface area contributed by atoms with Crippen LogP contribution in [0.4, 0.5) is 5.13 Å². The summed E-state index contributed by atoms with van der Waals surface area (Å²) in [7, 11) is 0. The SMILES string of the molecule is O=C(NC(Cc1ccccc1)C(=O)Nc1nnc(-c2ccccn2)s1)c1cccs1. The predicted octanol–water partition coefficient (Wildman–Crippen LogP) is 3.64. The van der Waals surface area contributed by atoms with Gasteiger partial charge >= 0.3 is 0 Å². The van der Waals surface area contributed by atoms with Gasteiger partial charge in [0.2, 0.25) is 11.0 Å². The smallest absolute Gasteiger partial charge is 0.262 e. The minimum atomic E-state index is -0.760. The van der Waals surface area contributed by atoms with Crippen molar-refractivity contribution in [2.45, 2.75) is 12.5 Å². The van der Waals surface area contributed by atoms with E-state index < -0.39 is 6.04 Å². The number of benzene rings is 1. The summed E-state index contributed by atoms with van der Waals surface area (Å²) in [5.41, 5.74) is 1.62. The third-order valence-corrected chi connectivity index (χ3v) is 5.92. The summed E-state index contributed by atoms with van der Waals surface area (Å²) < 4.78 is 0. The molecule has 0 aliphatic heterocycles. The first-order valence-corrected chi connectivity index (χ1v) is 10.8. The maximum Gasteiger partial charge on any atom is 0.262 e. The van der Waals surface area contributed by atoms with Crippen LogP contribution in [-0.2, 0) is 11.2 Å². The molecule has 2 N–H and O–H groups in total. The zero-order chi connectivity index (χ0) is 20.8. The Morgan fingerprint density at radius 3 is 2.53 bits per heavy atom. The maximum atomic E-state index is 13.0. The van der Waals surface area contributed by atoms with Crippen LogP contribution in [0.2, 0.25) is 0 Å². The number of hydrogen-bond acceptors (Lipinski definition) is 7. The minimum Gasteiger partial charge on any atom is -0.339 e. The van der Waals surface area contributed by atoms with Gasteiger partial charge in [0.1, 0.15) is 11.7 Å². The zero-order valence-electron chi connectivity index (χ0n) is 15.7. The molecule has 0 spiro atoms. The third-order valence-electron chi connectivity index (χ3n) is 4.19. The molecule has 4 aromatic rings. The number of amides is 2. The van der Waals surface area contributed by atoms with Crippen LogP contribution in [0.25, 0.3) is 10.7 Å². The first-order valence-electron chi connectivity index (χ1n) is 9.13. The molecule has 3 aromatic heterocycles. The number of anilines is 1. The van der Waals surface area contributed by atoms with Gasteiger partial charge in [-0.15, -0.1) is 21.5 Å². The van der Waals surface area contributed by atoms with E-state index in [0.717, 1.165) is 5.56 Å². The zero-order valence-corrected chi connectivity index (χ0v) is 17.3. The molecular formula is C21H17N5O2S2. The first kappa shape index (κ1) is 19.9. The average Bonchev–Trinajstić information content (AvgIpc) is 3.47. The van der Waals surface area contributed by atoms with E-state index >= 15 is 0 Å². The van der Waals surface area contributed by atoms with Gasteiger partial charge in [-0.1, -0.05) is 53.8 Å². The lowest BCUT2D eigenvalue weighted by Gasteiger charge is -2.17. The Morgan fingerprint density at radius 2 is 1.80 bits per heavy atom. The molecule has 4 rings (SSSR count). The van der Waals surface area contributed by atoms with E-state index in [1.54, 1.807) is 18.3 Å². The molecule has 30 heavy (non-hydrogen) atoms. The van der Waals surface area contributed by atoms with Crippen molar-refractivity contribution in [3.05, 3.63) is 82.7 Å². The fourth-order valence-electron chi connectivity index (χ4n) is 2.76. The van der Waals surface area contributed by atoms with Gasteiger partial charge in [-0.05, 0) is 29.1 Å². The van der Waals surface area contributed by atoms with E-state index in [1.807, 2.05) is 53.9 Å². The van der Waals surface area contributed by atoms with Gasteiger partial charge in [0.05, 0.1) is 4.88 Å². The highest BCUT2D eigenvalue weighted by molar-refractivity contribution is 7.18. The fourth-order valence-corrected chi connectivity index (χ4v) is 4.11. The van der Waals surface area contributed by atoms with Gasteiger partial charge in [0.25, 0.3) is 5.91 Å². The van der Waals surface area contributed by atoms with E-state index in [9.17, 15) is 9.59 Å². The molecule has 9 heteroatoms. The average molecular weight is 436 g/mol. The Balaban J connectivity index is 1.50. The number of carbonyl (C=O) groups is 2. The molecule has 0 aliphatic rings. The minimum absolute atomic E-state index is 0.285. The van der Waals surface area contributed by atoms with Gasteiger partial charge in [-0.25, -0.2) is 0 Å². The van der Waals surface area contributed by atoms with E-state index in [2.05, 4.69) is 25.8 Å². The van der Waals surface area contributed by atoms with Crippen LogP contribution in [0, 0.1) is 0 Å². The molecule has 1 aromatic carbocycles. The Labute approximate surface area is 180 Å². The molecule has 7 nitrogen and oxygen atoms in total. The maximum absolute atomic E-state index is 13.0. The van der Waals surface area contributed by atoms with Crippen molar-refractivity contribution in [1.82, 2.24) is 20.5 Å². The second-order valence-electron chi connectivity index (χ2n) is 6.31. The molecule has 0 bridgehead atoms. The monoisotopic (exact) mass is 435 g/mol. The second-order valence-corrected chi connectivity index (χ2v) is 8.23. The topological polar surface area (TPSA) is 96.9 Å². The van der Waals surface area contributed by atoms with Crippen molar-refractivity contribution >= 4 is 39.6 Å². The van der Waals surface area contributed by atoms with Crippen LogP contribution in [0.15, 0.2) is 72.2 Å². The summed E-state index contributed by atoms with van der Waals surface area (Å²) in [5, 5.41) is 16.5. The number of carbonyl (C=O) groups excluding carboxylic acids is 2. The van der Waals surface area contributed by atoms with Crippen LogP contribution in [-0.4, -0.2) is 33.0 Å². The molecule has 0 aliphatic carbocycles. The molecule has 150 valence electrons. The molecule has 0 radical (unpaired) electrons. The largest absolute Gasteiger partial charge is 0.339 e. The van der Waals surface area contributed by atoms with Crippen LogP contribution in [0.1, 0.15) is 15.2 Å². The summed E-state index contributed by atoms with van der Waals surface area (Å²) in [6, 6.07) is 17.8. The van der Waals surface area contributed by atoms with Crippen LogP contribution in [0.5, 0.6) is 0 Å². The molecule has 1 unspecified atom stereocenters. The number of pyridine rings is 1. The summed E-state index contributed by atoms with van der Waals surface area (Å²) >= 11 is 2.55. The van der Waals surface area contributed by atoms with Crippen LogP contribution < -0.4 is 10.6 Å². The summed E-state index contributed by atoms with van der Waals surface area (Å²) in [4.78, 5) is 30.3. The molecule has 0 saturated carbocycles. The van der Waals surface area contributed by atoms with E-state index in [-0.39, 0.29) is 11.8 Å². The van der Waals surface area contributed by atoms with Gasteiger partial charge in [0.15, 0.2) is 5.01 Å². The van der Waals surface area contributed by atoms with Gasteiger partial charge in [-0.2, -0.15) is 0 Å². The van der Waals surface area contributed by atoms with Crippen molar-refractivity contribution in [1.29, 1.82) is 0 Å². The van der Waals surface area contributed by atoms with E-state index in [1.165, 1.54) is 22.7 Å². The highest BCUT2D eigenvalue weighted by atomic mass is 32.1. The second kappa shape index (κ2) is 9.38. The molecule has 2 amide bonds. The molecule has 1 atom stereocenters. The first-order chi connectivity index (χ1) is 14.7. The van der Waals surface area contributed by atoms with Crippen molar-refractivity contribution in [3.63, 3.8) is 0 Å². The Kier molecular flexibility index (Phi) is 6.21. The van der Waals surface area contributed by atoms with Crippen LogP contribution >= 0.6 is 22.7 Å². The van der Waals surface area contributed by atoms with Crippen molar-refractivity contribution in [2.75, 3.05) is 5.32 Å². The van der Waals surface area contributed by atoms with E-state index in [0.29, 0.717) is 27.1 Å². The molecule has 0 saturated heterocycles. The molecule has 0 fully saturated rings. The van der Waals surface area contributed by atoms with Crippen molar-refractivity contribution in [2.24, 2.45) is 0 Å². The summed E-state index contributed by atoms with van der Waals surface area (Å²) in [5.74, 6) is -0.639. The van der Waals surface area contributed by atoms with E-state index in [4.69, 9.17) is 0 Å². The van der Waals surface area contributed by atoms with Crippen molar-refractivity contribution < 1.29 is 9.59 Å². The summed E-state index contributed by atoms with van der Waals surface area (Å²) in [6.45, 7) is 0. The quantitative estimate of drug-likeness (QED) is 0.462. The number of nitrogens with one attached hydrogen (secondary N) is 2. The Morgan fingerprint density at radius 1 is 0.967 bits per heavy atom. The fraction of sp³-hybridized carbons (Fsp3) is 0.0952. The van der Waals surface area contributed by atoms with Crippen molar-refractivity contribution in [3.8, 4) is 10.7 Å². The standard InChI is InChI=1S/C21H17N5O2S2/c27-18(24-21-26-25-20(30-21)15-9-4-5-11-22-15)16(13-14-7-2-1-3-8-14)23-19(28)17-10-6-12-29-17/h1-12,16H,13H2,(H,23,28)(H,24,26,27). The Bertz CT molecular complexity index is 1110. The van der Waals surface area contributed by atoms with Gasteiger partial charge in [-0.3, -0.25) is 19.9 Å². The number of aromatic nitrogens is 3. The predicted molar refractivity (Wildman–Crippen MR) is 117 cm³/mol. The lowest BCUT2D eigenvalue weighted by Crippen LogP contribution is -2.45. The highest BCUT2D eigenvalue weighted by Gasteiger charge is 2.23. The normalized spacial score (nSPS) is 11.6. The molecular weight excluding hydrogens is 418 g/mol. The van der Waals surface area contributed by atoms with Gasteiger partial charge < -0.3 is 5.32 Å². The molecule has 3 heterocycles. The highest BCUT2D eigenvalue weighted by Crippen LogP contribution is 2.24. The third kappa shape index (κ3) is 4.94. The lowest BCUT2D eigenvalue weighted by atomic mass is 10.1. The van der Waals surface area contributed by atoms with Crippen LogP contribution in [0.3, 0.4) is 0 Å². The number of rotatable bonds is 7. The van der Waals surface area contributed by atoms with Gasteiger partial charge in [0, 0.05) is 12.6 Å². The Hall–Kier alpha value is -3.43. The number of thiophene rings is 1. The summed E-state index contributed by atoms with van der Waals surface area (Å²) in [6.07, 6.45) is 2.03. The number of hydrogen-bond donors (Lipinski definition) is 2. The number of nitrogens with zero attached hydrogens (tertiary/aromatic N) is 3. The lowest BCUT2D eigenvalue weighted by molar-refractivity contribution is -0.118.